The van der Waals surface area contributed by atoms with Crippen LogP contribution in [0.2, 0.25) is 0 Å². The fourth-order valence-corrected chi connectivity index (χ4v) is 3.86. The van der Waals surface area contributed by atoms with Crippen LogP contribution in [0.3, 0.4) is 0 Å². The maximum absolute atomic E-state index is 12.8. The molecule has 0 fully saturated rings. The molecule has 1 aliphatic rings. The number of hydrogen-bond donors (Lipinski definition) is 1. The van der Waals surface area contributed by atoms with Crippen molar-refractivity contribution >= 4 is 21.6 Å². The minimum absolute atomic E-state index is 0.0604. The molecule has 1 heterocycles. The van der Waals surface area contributed by atoms with Gasteiger partial charge in [-0.2, -0.15) is 0 Å². The first-order valence-corrected chi connectivity index (χ1v) is 10.6. The van der Waals surface area contributed by atoms with E-state index in [9.17, 15) is 13.2 Å². The van der Waals surface area contributed by atoms with Crippen molar-refractivity contribution < 1.29 is 22.7 Å². The average Bonchev–Trinajstić information content (AvgIpc) is 2.71. The molecule has 1 atom stereocenters. The van der Waals surface area contributed by atoms with Gasteiger partial charge < -0.3 is 14.4 Å². The number of ether oxygens (including phenoxy) is 2. The molecule has 8 heteroatoms. The Hall–Kier alpha value is -2.74. The van der Waals surface area contributed by atoms with Crippen molar-refractivity contribution in [1.82, 2.24) is 4.90 Å². The van der Waals surface area contributed by atoms with E-state index >= 15 is 0 Å². The first-order valence-electron chi connectivity index (χ1n) is 9.11. The van der Waals surface area contributed by atoms with Crippen molar-refractivity contribution in [3.63, 3.8) is 0 Å². The van der Waals surface area contributed by atoms with Crippen molar-refractivity contribution in [1.29, 1.82) is 0 Å². The summed E-state index contributed by atoms with van der Waals surface area (Å²) >= 11 is 0. The summed E-state index contributed by atoms with van der Waals surface area (Å²) in [6.45, 7) is 4.78. The van der Waals surface area contributed by atoms with Gasteiger partial charge in [0, 0.05) is 30.4 Å². The van der Waals surface area contributed by atoms with Gasteiger partial charge in [-0.25, -0.2) is 8.42 Å². The summed E-state index contributed by atoms with van der Waals surface area (Å²) in [5.74, 6) is 0.758. The van der Waals surface area contributed by atoms with E-state index in [1.165, 1.54) is 18.2 Å². The highest BCUT2D eigenvalue weighted by Crippen LogP contribution is 2.32. The standard InChI is InChI=1S/C20H24N2O5S/c1-4-14(2)22(3)20(23)15-6-5-7-16(12-15)21-28(24,25)17-8-9-18-19(13-17)27-11-10-26-18/h5-9,12-14,21H,4,10-11H2,1-3H3. The topological polar surface area (TPSA) is 84.9 Å². The number of nitrogens with zero attached hydrogens (tertiary/aromatic N) is 1. The van der Waals surface area contributed by atoms with Gasteiger partial charge in [-0.05, 0) is 43.7 Å². The van der Waals surface area contributed by atoms with E-state index in [4.69, 9.17) is 9.47 Å². The molecule has 3 rings (SSSR count). The number of carbonyl (C=O) groups is 1. The molecule has 0 saturated heterocycles. The second-order valence-electron chi connectivity index (χ2n) is 6.67. The van der Waals surface area contributed by atoms with E-state index in [0.29, 0.717) is 36.0 Å². The summed E-state index contributed by atoms with van der Waals surface area (Å²) in [5, 5.41) is 0. The van der Waals surface area contributed by atoms with E-state index in [2.05, 4.69) is 4.72 Å². The van der Waals surface area contributed by atoms with E-state index in [-0.39, 0.29) is 16.8 Å². The highest BCUT2D eigenvalue weighted by atomic mass is 32.2. The van der Waals surface area contributed by atoms with Crippen molar-refractivity contribution in [2.45, 2.75) is 31.2 Å². The Balaban J connectivity index is 1.82. The summed E-state index contributed by atoms with van der Waals surface area (Å²) in [7, 11) is -2.10. The number of rotatable bonds is 6. The predicted molar refractivity (Wildman–Crippen MR) is 107 cm³/mol. The van der Waals surface area contributed by atoms with Crippen molar-refractivity contribution in [2.24, 2.45) is 0 Å². The second-order valence-corrected chi connectivity index (χ2v) is 8.35. The Labute approximate surface area is 165 Å². The monoisotopic (exact) mass is 404 g/mol. The molecule has 1 amide bonds. The van der Waals surface area contributed by atoms with E-state index in [1.54, 1.807) is 36.2 Å². The number of fused-ring (bicyclic) bond motifs is 1. The molecule has 0 aliphatic carbocycles. The number of hydrogen-bond acceptors (Lipinski definition) is 5. The van der Waals surface area contributed by atoms with Crippen LogP contribution in [-0.2, 0) is 10.0 Å². The van der Waals surface area contributed by atoms with Crippen LogP contribution in [0.4, 0.5) is 5.69 Å². The molecule has 0 aromatic heterocycles. The number of sulfonamides is 1. The summed E-state index contributed by atoms with van der Waals surface area (Å²) < 4.78 is 38.9. The summed E-state index contributed by atoms with van der Waals surface area (Å²) in [5.41, 5.74) is 0.739. The second kappa shape index (κ2) is 8.10. The molecule has 28 heavy (non-hydrogen) atoms. The average molecular weight is 404 g/mol. The molecule has 2 aromatic carbocycles. The van der Waals surface area contributed by atoms with E-state index in [0.717, 1.165) is 6.42 Å². The Kier molecular flexibility index (Phi) is 5.79. The van der Waals surface area contributed by atoms with Crippen molar-refractivity contribution in [3.8, 4) is 11.5 Å². The van der Waals surface area contributed by atoms with E-state index < -0.39 is 10.0 Å². The zero-order valence-corrected chi connectivity index (χ0v) is 17.0. The third-order valence-corrected chi connectivity index (χ3v) is 6.14. The van der Waals surface area contributed by atoms with Crippen LogP contribution in [0.1, 0.15) is 30.6 Å². The Morgan fingerprint density at radius 3 is 2.57 bits per heavy atom. The molecule has 0 saturated carbocycles. The van der Waals surface area contributed by atoms with Crippen molar-refractivity contribution in [2.75, 3.05) is 25.0 Å². The molecular weight excluding hydrogens is 380 g/mol. The summed E-state index contributed by atoms with van der Waals surface area (Å²) in [6.07, 6.45) is 0.832. The number of benzene rings is 2. The zero-order valence-electron chi connectivity index (χ0n) is 16.1. The lowest BCUT2D eigenvalue weighted by Gasteiger charge is -2.24. The number of carbonyl (C=O) groups excluding carboxylic acids is 1. The molecule has 0 radical (unpaired) electrons. The highest BCUT2D eigenvalue weighted by molar-refractivity contribution is 7.92. The predicted octanol–water partition coefficient (Wildman–Crippen LogP) is 3.13. The third kappa shape index (κ3) is 4.22. The molecule has 0 bridgehead atoms. The Bertz CT molecular complexity index is 974. The van der Waals surface area contributed by atoms with Crippen LogP contribution in [-0.4, -0.2) is 45.5 Å². The molecule has 150 valence electrons. The Morgan fingerprint density at radius 2 is 1.86 bits per heavy atom. The Morgan fingerprint density at radius 1 is 1.14 bits per heavy atom. The fourth-order valence-electron chi connectivity index (χ4n) is 2.80. The molecule has 1 aliphatic heterocycles. The largest absolute Gasteiger partial charge is 0.486 e. The highest BCUT2D eigenvalue weighted by Gasteiger charge is 2.21. The van der Waals surface area contributed by atoms with Crippen molar-refractivity contribution in [3.05, 3.63) is 48.0 Å². The van der Waals surface area contributed by atoms with Crippen LogP contribution < -0.4 is 14.2 Å². The van der Waals surface area contributed by atoms with Crippen LogP contribution >= 0.6 is 0 Å². The minimum Gasteiger partial charge on any atom is -0.486 e. The molecule has 1 N–H and O–H groups in total. The molecule has 2 aromatic rings. The van der Waals surface area contributed by atoms with Gasteiger partial charge >= 0.3 is 0 Å². The molecule has 1 unspecified atom stereocenters. The van der Waals surface area contributed by atoms with Gasteiger partial charge in [0.1, 0.15) is 13.2 Å². The smallest absolute Gasteiger partial charge is 0.262 e. The third-order valence-electron chi connectivity index (χ3n) is 4.76. The maximum atomic E-state index is 12.8. The van der Waals surface area contributed by atoms with Gasteiger partial charge in [-0.15, -0.1) is 0 Å². The van der Waals surface area contributed by atoms with Gasteiger partial charge in [0.2, 0.25) is 0 Å². The molecular formula is C20H24N2O5S. The zero-order chi connectivity index (χ0) is 20.3. The first kappa shape index (κ1) is 20.0. The summed E-state index contributed by atoms with van der Waals surface area (Å²) in [6, 6.07) is 11.0. The number of amides is 1. The van der Waals surface area contributed by atoms with Gasteiger partial charge in [-0.3, -0.25) is 9.52 Å². The fraction of sp³-hybridized carbons (Fsp3) is 0.350. The van der Waals surface area contributed by atoms with Gasteiger partial charge in [-0.1, -0.05) is 13.0 Å². The maximum Gasteiger partial charge on any atom is 0.262 e. The quantitative estimate of drug-likeness (QED) is 0.800. The number of nitrogens with one attached hydrogen (secondary N) is 1. The normalized spacial score (nSPS) is 14.2. The molecule has 0 spiro atoms. The lowest BCUT2D eigenvalue weighted by atomic mass is 10.1. The van der Waals surface area contributed by atoms with Crippen LogP contribution in [0.5, 0.6) is 11.5 Å². The summed E-state index contributed by atoms with van der Waals surface area (Å²) in [4.78, 5) is 14.3. The van der Waals surface area contributed by atoms with Gasteiger partial charge in [0.05, 0.1) is 4.90 Å². The lowest BCUT2D eigenvalue weighted by Crippen LogP contribution is -2.34. The lowest BCUT2D eigenvalue weighted by molar-refractivity contribution is 0.0740. The first-order chi connectivity index (χ1) is 13.3. The van der Waals surface area contributed by atoms with Gasteiger partial charge in [0.15, 0.2) is 11.5 Å². The van der Waals surface area contributed by atoms with Crippen LogP contribution in [0.15, 0.2) is 47.4 Å². The van der Waals surface area contributed by atoms with E-state index in [1.807, 2.05) is 13.8 Å². The number of anilines is 1. The van der Waals surface area contributed by atoms with Crippen LogP contribution in [0.25, 0.3) is 0 Å². The molecule has 7 nitrogen and oxygen atoms in total. The SMILES string of the molecule is CCC(C)N(C)C(=O)c1cccc(NS(=O)(=O)c2ccc3c(c2)OCCO3)c1. The van der Waals surface area contributed by atoms with Gasteiger partial charge in [0.25, 0.3) is 15.9 Å². The van der Waals surface area contributed by atoms with Crippen LogP contribution in [0, 0.1) is 0 Å². The minimum atomic E-state index is -3.84.